The quantitative estimate of drug-likeness (QED) is 0.533. The van der Waals surface area contributed by atoms with Crippen molar-refractivity contribution in [1.82, 2.24) is 0 Å². The largest absolute Gasteiger partial charge is 0.497 e. The molecule has 0 N–H and O–H groups in total. The number of rotatable bonds is 5. The number of hydrogen-bond donors (Lipinski definition) is 0. The van der Waals surface area contributed by atoms with Gasteiger partial charge in [-0.3, -0.25) is 4.99 Å². The number of benzene rings is 2. The van der Waals surface area contributed by atoms with Crippen molar-refractivity contribution < 1.29 is 4.74 Å². The molecule has 0 fully saturated rings. The highest BCUT2D eigenvalue weighted by Crippen LogP contribution is 2.35. The van der Waals surface area contributed by atoms with Crippen LogP contribution >= 0.6 is 0 Å². The average Bonchev–Trinajstić information content (AvgIpc) is 2.89. The first-order chi connectivity index (χ1) is 12.9. The van der Waals surface area contributed by atoms with Crippen molar-refractivity contribution in [3.8, 4) is 5.75 Å². The highest BCUT2D eigenvalue weighted by atomic mass is 16.5. The first-order valence-electron chi connectivity index (χ1n) is 9.54. The van der Waals surface area contributed by atoms with Crippen molar-refractivity contribution in [2.45, 2.75) is 47.5 Å². The number of nitrogens with zero attached hydrogens (tertiary/aromatic N) is 1. The van der Waals surface area contributed by atoms with E-state index in [1.807, 2.05) is 24.3 Å². The van der Waals surface area contributed by atoms with Crippen LogP contribution < -0.4 is 4.74 Å². The lowest BCUT2D eigenvalue weighted by atomic mass is 9.92. The number of aliphatic imine (C=N–C) groups is 1. The molecule has 0 saturated heterocycles. The monoisotopic (exact) mass is 359 g/mol. The second-order valence-electron chi connectivity index (χ2n) is 7.51. The lowest BCUT2D eigenvalue weighted by Gasteiger charge is -2.15. The normalized spacial score (nSPS) is 15.0. The fourth-order valence-corrected chi connectivity index (χ4v) is 3.83. The lowest BCUT2D eigenvalue weighted by molar-refractivity contribution is 0.415. The molecule has 1 aliphatic rings. The summed E-state index contributed by atoms with van der Waals surface area (Å²) in [6, 6.07) is 14.5. The van der Waals surface area contributed by atoms with Gasteiger partial charge in [0, 0.05) is 12.0 Å². The molecule has 140 valence electrons. The van der Waals surface area contributed by atoms with E-state index in [-0.39, 0.29) is 0 Å². The Bertz CT molecular complexity index is 923. The van der Waals surface area contributed by atoms with Crippen molar-refractivity contribution in [2.75, 3.05) is 7.11 Å². The van der Waals surface area contributed by atoms with Gasteiger partial charge in [0.05, 0.1) is 18.5 Å². The van der Waals surface area contributed by atoms with E-state index in [2.05, 4.69) is 52.8 Å². The molecule has 27 heavy (non-hydrogen) atoms. The van der Waals surface area contributed by atoms with Crippen LogP contribution in [0.3, 0.4) is 0 Å². The van der Waals surface area contributed by atoms with Gasteiger partial charge in [0.1, 0.15) is 5.75 Å². The number of methoxy groups -OCH3 is 1. The molecule has 2 aromatic rings. The lowest BCUT2D eigenvalue weighted by Crippen LogP contribution is -2.08. The standard InChI is InChI=1S/C25H29NO/c1-16-8-7-9-17(2)25(16)24(15-21-14-18(3)19(4)20(21)5)26-22-10-12-23(27-6)13-11-22/h7-13H,14-15H2,1-6H3. The molecule has 2 nitrogen and oxygen atoms in total. The van der Waals surface area contributed by atoms with E-state index < -0.39 is 0 Å². The average molecular weight is 360 g/mol. The van der Waals surface area contributed by atoms with Crippen LogP contribution in [-0.4, -0.2) is 12.8 Å². The van der Waals surface area contributed by atoms with Crippen molar-refractivity contribution >= 4 is 11.4 Å². The predicted molar refractivity (Wildman–Crippen MR) is 115 cm³/mol. The molecule has 0 aliphatic heterocycles. The van der Waals surface area contributed by atoms with Crippen molar-refractivity contribution in [3.63, 3.8) is 0 Å². The highest BCUT2D eigenvalue weighted by molar-refractivity contribution is 6.05. The van der Waals surface area contributed by atoms with Crippen LogP contribution in [0.2, 0.25) is 0 Å². The Kier molecular flexibility index (Phi) is 5.65. The molecule has 0 radical (unpaired) electrons. The Labute approximate surface area is 163 Å². The van der Waals surface area contributed by atoms with Gasteiger partial charge in [0.25, 0.3) is 0 Å². The van der Waals surface area contributed by atoms with E-state index in [1.165, 1.54) is 39.0 Å². The van der Waals surface area contributed by atoms with Crippen molar-refractivity contribution in [1.29, 1.82) is 0 Å². The summed E-state index contributed by atoms with van der Waals surface area (Å²) < 4.78 is 5.28. The number of allylic oxidation sites excluding steroid dienone is 4. The zero-order chi connectivity index (χ0) is 19.6. The maximum Gasteiger partial charge on any atom is 0.119 e. The SMILES string of the molecule is COc1ccc(N=C(CC2=C(C)C(C)=C(C)C2)c2c(C)cccc2C)cc1. The third kappa shape index (κ3) is 4.05. The number of ether oxygens (including phenoxy) is 1. The smallest absolute Gasteiger partial charge is 0.119 e. The zero-order valence-corrected chi connectivity index (χ0v) is 17.3. The Morgan fingerprint density at radius 3 is 2.04 bits per heavy atom. The van der Waals surface area contributed by atoms with Crippen molar-refractivity contribution in [3.05, 3.63) is 81.4 Å². The summed E-state index contributed by atoms with van der Waals surface area (Å²) in [5.41, 5.74) is 11.8. The maximum atomic E-state index is 5.28. The molecular weight excluding hydrogens is 330 g/mol. The molecule has 0 atom stereocenters. The summed E-state index contributed by atoms with van der Waals surface area (Å²) in [5.74, 6) is 0.854. The van der Waals surface area contributed by atoms with E-state index in [1.54, 1.807) is 7.11 Å². The molecule has 0 unspecified atom stereocenters. The van der Waals surface area contributed by atoms with Crippen LogP contribution in [0.1, 0.15) is 50.3 Å². The molecule has 0 saturated carbocycles. The van der Waals surface area contributed by atoms with Crippen molar-refractivity contribution in [2.24, 2.45) is 4.99 Å². The Morgan fingerprint density at radius 2 is 1.52 bits per heavy atom. The van der Waals surface area contributed by atoms with Crippen LogP contribution in [-0.2, 0) is 0 Å². The fourth-order valence-electron chi connectivity index (χ4n) is 3.83. The van der Waals surface area contributed by atoms with Gasteiger partial charge in [-0.05, 0) is 87.6 Å². The van der Waals surface area contributed by atoms with Gasteiger partial charge >= 0.3 is 0 Å². The minimum atomic E-state index is 0.854. The second-order valence-corrected chi connectivity index (χ2v) is 7.51. The zero-order valence-electron chi connectivity index (χ0n) is 17.3. The molecule has 0 spiro atoms. The maximum absolute atomic E-state index is 5.28. The van der Waals surface area contributed by atoms with Gasteiger partial charge in [-0.2, -0.15) is 0 Å². The Balaban J connectivity index is 2.06. The molecule has 3 rings (SSSR count). The molecule has 0 bridgehead atoms. The summed E-state index contributed by atoms with van der Waals surface area (Å²) >= 11 is 0. The minimum Gasteiger partial charge on any atom is -0.497 e. The third-order valence-corrected chi connectivity index (χ3v) is 5.70. The van der Waals surface area contributed by atoms with Gasteiger partial charge in [-0.1, -0.05) is 29.3 Å². The molecule has 0 heterocycles. The van der Waals surface area contributed by atoms with E-state index in [0.717, 1.165) is 30.0 Å². The van der Waals surface area contributed by atoms with Crippen LogP contribution in [0.5, 0.6) is 5.75 Å². The molecular formula is C25H29NO. The van der Waals surface area contributed by atoms with Gasteiger partial charge in [-0.15, -0.1) is 0 Å². The molecule has 0 aromatic heterocycles. The third-order valence-electron chi connectivity index (χ3n) is 5.70. The number of aryl methyl sites for hydroxylation is 2. The minimum absolute atomic E-state index is 0.854. The summed E-state index contributed by atoms with van der Waals surface area (Å²) in [6.07, 6.45) is 1.95. The first-order valence-corrected chi connectivity index (χ1v) is 9.54. The first kappa shape index (κ1) is 19.2. The van der Waals surface area contributed by atoms with Gasteiger partial charge in [0.15, 0.2) is 0 Å². The Hall–Kier alpha value is -2.61. The summed E-state index contributed by atoms with van der Waals surface area (Å²) in [4.78, 5) is 5.08. The summed E-state index contributed by atoms with van der Waals surface area (Å²) in [5, 5.41) is 0. The van der Waals surface area contributed by atoms with E-state index in [0.29, 0.717) is 0 Å². The number of hydrogen-bond acceptors (Lipinski definition) is 2. The van der Waals surface area contributed by atoms with Crippen LogP contribution in [0, 0.1) is 13.8 Å². The van der Waals surface area contributed by atoms with Crippen LogP contribution in [0.25, 0.3) is 0 Å². The van der Waals surface area contributed by atoms with Crippen LogP contribution in [0.15, 0.2) is 69.7 Å². The van der Waals surface area contributed by atoms with E-state index in [9.17, 15) is 0 Å². The van der Waals surface area contributed by atoms with E-state index >= 15 is 0 Å². The molecule has 2 heteroatoms. The van der Waals surface area contributed by atoms with Gasteiger partial charge in [-0.25, -0.2) is 0 Å². The molecule has 0 amide bonds. The van der Waals surface area contributed by atoms with Gasteiger partial charge < -0.3 is 4.74 Å². The van der Waals surface area contributed by atoms with Gasteiger partial charge in [0.2, 0.25) is 0 Å². The molecule has 1 aliphatic carbocycles. The Morgan fingerprint density at radius 1 is 0.889 bits per heavy atom. The second kappa shape index (κ2) is 7.96. The topological polar surface area (TPSA) is 21.6 Å². The summed E-state index contributed by atoms with van der Waals surface area (Å²) in [6.45, 7) is 11.1. The summed E-state index contributed by atoms with van der Waals surface area (Å²) in [7, 11) is 1.69. The predicted octanol–water partition coefficient (Wildman–Crippen LogP) is 6.88. The van der Waals surface area contributed by atoms with E-state index in [4.69, 9.17) is 9.73 Å². The fraction of sp³-hybridized carbons (Fsp3) is 0.320. The highest BCUT2D eigenvalue weighted by Gasteiger charge is 2.19. The van der Waals surface area contributed by atoms with Crippen LogP contribution in [0.4, 0.5) is 5.69 Å². The molecule has 2 aromatic carbocycles.